The summed E-state index contributed by atoms with van der Waals surface area (Å²) in [4.78, 5) is 21.6. The molecular formula is C14H19NO6. The van der Waals surface area contributed by atoms with Crippen LogP contribution in [0.15, 0.2) is 18.2 Å². The molecule has 0 amide bonds. The number of carboxylic acids is 2. The molecule has 0 fully saturated rings. The molecule has 7 heteroatoms. The number of rotatable bonds is 9. The Bertz CT molecular complexity index is 502. The van der Waals surface area contributed by atoms with E-state index in [0.717, 1.165) is 5.56 Å². The number of aliphatic carboxylic acids is 2. The number of methoxy groups -OCH3 is 2. The molecule has 0 spiro atoms. The molecular weight excluding hydrogens is 278 g/mol. The molecule has 1 aromatic rings. The minimum absolute atomic E-state index is 0.0109. The maximum atomic E-state index is 11.1. The molecule has 0 saturated carbocycles. The van der Waals surface area contributed by atoms with E-state index in [2.05, 4.69) is 5.32 Å². The van der Waals surface area contributed by atoms with Gasteiger partial charge in [-0.05, 0) is 24.6 Å². The second-order valence-corrected chi connectivity index (χ2v) is 4.38. The van der Waals surface area contributed by atoms with Crippen LogP contribution in [0.4, 0.5) is 0 Å². The number of carboxylic acid groups (broad SMARTS) is 2. The van der Waals surface area contributed by atoms with Crippen molar-refractivity contribution in [2.24, 2.45) is 0 Å². The standard InChI is InChI=1S/C14H19NO6/c1-20-10-3-5-12(21-2)9(7-10)8-15-11(14(18)19)4-6-13(16)17/h3,5,7,11,15H,4,6,8H2,1-2H3,(H,16,17)(H,18,19). The van der Waals surface area contributed by atoms with Crippen molar-refractivity contribution in [3.63, 3.8) is 0 Å². The molecule has 1 rings (SSSR count). The second-order valence-electron chi connectivity index (χ2n) is 4.38. The third kappa shape index (κ3) is 5.31. The predicted molar refractivity (Wildman–Crippen MR) is 74.7 cm³/mol. The van der Waals surface area contributed by atoms with Crippen LogP contribution in [0.5, 0.6) is 11.5 Å². The van der Waals surface area contributed by atoms with Crippen LogP contribution in [0.1, 0.15) is 18.4 Å². The van der Waals surface area contributed by atoms with Gasteiger partial charge in [0.1, 0.15) is 17.5 Å². The van der Waals surface area contributed by atoms with Crippen molar-refractivity contribution in [1.82, 2.24) is 5.32 Å². The number of benzene rings is 1. The van der Waals surface area contributed by atoms with E-state index < -0.39 is 18.0 Å². The molecule has 1 unspecified atom stereocenters. The molecule has 7 nitrogen and oxygen atoms in total. The van der Waals surface area contributed by atoms with E-state index in [0.29, 0.717) is 11.5 Å². The highest BCUT2D eigenvalue weighted by atomic mass is 16.5. The molecule has 0 bridgehead atoms. The lowest BCUT2D eigenvalue weighted by Gasteiger charge is -2.15. The molecule has 0 aliphatic carbocycles. The Labute approximate surface area is 122 Å². The molecule has 116 valence electrons. The summed E-state index contributed by atoms with van der Waals surface area (Å²) in [6, 6.07) is 4.27. The smallest absolute Gasteiger partial charge is 0.320 e. The fourth-order valence-corrected chi connectivity index (χ4v) is 1.83. The van der Waals surface area contributed by atoms with Crippen LogP contribution in [0.25, 0.3) is 0 Å². The summed E-state index contributed by atoms with van der Waals surface area (Å²) in [5.41, 5.74) is 0.735. The van der Waals surface area contributed by atoms with Crippen LogP contribution in [-0.2, 0) is 16.1 Å². The monoisotopic (exact) mass is 297 g/mol. The SMILES string of the molecule is COc1ccc(OC)c(CNC(CCC(=O)O)C(=O)O)c1. The topological polar surface area (TPSA) is 105 Å². The molecule has 21 heavy (non-hydrogen) atoms. The summed E-state index contributed by atoms with van der Waals surface area (Å²) in [6.45, 7) is 0.233. The number of hydrogen-bond donors (Lipinski definition) is 3. The van der Waals surface area contributed by atoms with Crippen molar-refractivity contribution in [2.75, 3.05) is 14.2 Å². The Morgan fingerprint density at radius 2 is 1.95 bits per heavy atom. The van der Waals surface area contributed by atoms with Crippen molar-refractivity contribution in [3.05, 3.63) is 23.8 Å². The Hall–Kier alpha value is -2.28. The lowest BCUT2D eigenvalue weighted by atomic mass is 10.1. The van der Waals surface area contributed by atoms with Crippen molar-refractivity contribution in [1.29, 1.82) is 0 Å². The van der Waals surface area contributed by atoms with Crippen molar-refractivity contribution >= 4 is 11.9 Å². The molecule has 1 atom stereocenters. The maximum absolute atomic E-state index is 11.1. The third-order valence-electron chi connectivity index (χ3n) is 2.97. The first-order chi connectivity index (χ1) is 9.97. The zero-order valence-corrected chi connectivity index (χ0v) is 12.0. The summed E-state index contributed by atoms with van der Waals surface area (Å²) < 4.78 is 10.3. The Morgan fingerprint density at radius 1 is 1.24 bits per heavy atom. The third-order valence-corrected chi connectivity index (χ3v) is 2.97. The molecule has 0 aliphatic rings. The van der Waals surface area contributed by atoms with Crippen molar-refractivity contribution < 1.29 is 29.3 Å². The van der Waals surface area contributed by atoms with Gasteiger partial charge < -0.3 is 25.0 Å². The van der Waals surface area contributed by atoms with Gasteiger partial charge in [0.25, 0.3) is 0 Å². The first kappa shape index (κ1) is 16.8. The highest BCUT2D eigenvalue weighted by molar-refractivity contribution is 5.75. The van der Waals surface area contributed by atoms with Crippen LogP contribution >= 0.6 is 0 Å². The summed E-state index contributed by atoms with van der Waals surface area (Å²) in [5.74, 6) is -0.879. The first-order valence-corrected chi connectivity index (χ1v) is 6.36. The van der Waals surface area contributed by atoms with Crippen LogP contribution < -0.4 is 14.8 Å². The quantitative estimate of drug-likeness (QED) is 0.627. The number of nitrogens with one attached hydrogen (secondary N) is 1. The van der Waals surface area contributed by atoms with E-state index >= 15 is 0 Å². The number of ether oxygens (including phenoxy) is 2. The molecule has 0 radical (unpaired) electrons. The van der Waals surface area contributed by atoms with Gasteiger partial charge in [-0.25, -0.2) is 0 Å². The second kappa shape index (κ2) is 8.11. The molecule has 0 aromatic heterocycles. The van der Waals surface area contributed by atoms with Crippen molar-refractivity contribution in [3.8, 4) is 11.5 Å². The van der Waals surface area contributed by atoms with E-state index in [1.165, 1.54) is 14.2 Å². The van der Waals surface area contributed by atoms with Gasteiger partial charge in [-0.1, -0.05) is 0 Å². The largest absolute Gasteiger partial charge is 0.497 e. The number of carbonyl (C=O) groups is 2. The minimum atomic E-state index is -1.09. The fraction of sp³-hybridized carbons (Fsp3) is 0.429. The lowest BCUT2D eigenvalue weighted by molar-refractivity contribution is -0.140. The van der Waals surface area contributed by atoms with Gasteiger partial charge in [-0.15, -0.1) is 0 Å². The Kier molecular flexibility index (Phi) is 6.48. The zero-order valence-electron chi connectivity index (χ0n) is 12.0. The Morgan fingerprint density at radius 3 is 2.48 bits per heavy atom. The summed E-state index contributed by atoms with van der Waals surface area (Å²) in [7, 11) is 3.05. The molecule has 0 aliphatic heterocycles. The van der Waals surface area contributed by atoms with Gasteiger partial charge in [0.05, 0.1) is 14.2 Å². The van der Waals surface area contributed by atoms with Gasteiger partial charge in [-0.2, -0.15) is 0 Å². The van der Waals surface area contributed by atoms with Gasteiger partial charge in [-0.3, -0.25) is 9.59 Å². The van der Waals surface area contributed by atoms with Gasteiger partial charge in [0.2, 0.25) is 0 Å². The van der Waals surface area contributed by atoms with Crippen LogP contribution in [0, 0.1) is 0 Å². The molecule has 0 heterocycles. The maximum Gasteiger partial charge on any atom is 0.320 e. The first-order valence-electron chi connectivity index (χ1n) is 6.36. The van der Waals surface area contributed by atoms with Gasteiger partial charge in [0, 0.05) is 18.5 Å². The molecule has 3 N–H and O–H groups in total. The Balaban J connectivity index is 2.74. The van der Waals surface area contributed by atoms with E-state index in [-0.39, 0.29) is 19.4 Å². The van der Waals surface area contributed by atoms with E-state index in [1.54, 1.807) is 18.2 Å². The predicted octanol–water partition coefficient (Wildman–Crippen LogP) is 1.11. The highest BCUT2D eigenvalue weighted by Crippen LogP contribution is 2.23. The summed E-state index contributed by atoms with van der Waals surface area (Å²) in [5, 5.41) is 20.5. The lowest BCUT2D eigenvalue weighted by Crippen LogP contribution is -2.36. The number of hydrogen-bond acceptors (Lipinski definition) is 5. The van der Waals surface area contributed by atoms with Crippen LogP contribution in [-0.4, -0.2) is 42.4 Å². The van der Waals surface area contributed by atoms with E-state index in [1.807, 2.05) is 0 Å². The average Bonchev–Trinajstić information content (AvgIpc) is 2.46. The van der Waals surface area contributed by atoms with E-state index in [9.17, 15) is 9.59 Å². The average molecular weight is 297 g/mol. The van der Waals surface area contributed by atoms with Gasteiger partial charge >= 0.3 is 11.9 Å². The highest BCUT2D eigenvalue weighted by Gasteiger charge is 2.18. The summed E-state index contributed by atoms with van der Waals surface area (Å²) in [6.07, 6.45) is -0.198. The molecule has 1 aromatic carbocycles. The zero-order chi connectivity index (χ0) is 15.8. The van der Waals surface area contributed by atoms with Gasteiger partial charge in [0.15, 0.2) is 0 Å². The molecule has 0 saturated heterocycles. The summed E-state index contributed by atoms with van der Waals surface area (Å²) >= 11 is 0. The van der Waals surface area contributed by atoms with Crippen molar-refractivity contribution in [2.45, 2.75) is 25.4 Å². The van der Waals surface area contributed by atoms with Crippen LogP contribution in [0.2, 0.25) is 0 Å². The minimum Gasteiger partial charge on any atom is -0.497 e. The van der Waals surface area contributed by atoms with E-state index in [4.69, 9.17) is 19.7 Å². The fourth-order valence-electron chi connectivity index (χ4n) is 1.83. The normalized spacial score (nSPS) is 11.7. The van der Waals surface area contributed by atoms with Crippen LogP contribution in [0.3, 0.4) is 0 Å².